The van der Waals surface area contributed by atoms with Gasteiger partial charge in [-0.2, -0.15) is 0 Å². The van der Waals surface area contributed by atoms with E-state index in [9.17, 15) is 24.3 Å². The molecule has 1 atom stereocenters. The Morgan fingerprint density at radius 2 is 1.81 bits per heavy atom. The highest BCUT2D eigenvalue weighted by Gasteiger charge is 2.24. The van der Waals surface area contributed by atoms with Crippen LogP contribution in [0.3, 0.4) is 0 Å². The first-order valence-corrected chi connectivity index (χ1v) is 9.58. The first-order chi connectivity index (χ1) is 14.7. The number of phenols is 1. The molecule has 2 rings (SSSR count). The largest absolute Gasteiger partial charge is 0.508 e. The zero-order chi connectivity index (χ0) is 23.0. The molecule has 0 aliphatic carbocycles. The van der Waals surface area contributed by atoms with Gasteiger partial charge in [0.1, 0.15) is 11.8 Å². The van der Waals surface area contributed by atoms with E-state index < -0.39 is 23.8 Å². The summed E-state index contributed by atoms with van der Waals surface area (Å²) in [5, 5.41) is 17.0. The predicted octanol–water partition coefficient (Wildman–Crippen LogP) is 1.38. The average molecular weight is 448 g/mol. The van der Waals surface area contributed by atoms with Gasteiger partial charge in [0.25, 0.3) is 11.8 Å². The zero-order valence-corrected chi connectivity index (χ0v) is 17.7. The van der Waals surface area contributed by atoms with Gasteiger partial charge < -0.3 is 25.8 Å². The Bertz CT molecular complexity index is 995. The number of hydrogen-bond donors (Lipinski definition) is 4. The van der Waals surface area contributed by atoms with E-state index in [1.807, 2.05) is 0 Å². The van der Waals surface area contributed by atoms with Gasteiger partial charge in [-0.1, -0.05) is 23.7 Å². The molecule has 10 heteroatoms. The van der Waals surface area contributed by atoms with Crippen LogP contribution in [0.1, 0.15) is 33.2 Å². The number of benzene rings is 2. The molecule has 0 spiro atoms. The second-order valence-corrected chi connectivity index (χ2v) is 6.94. The van der Waals surface area contributed by atoms with E-state index in [4.69, 9.17) is 11.6 Å². The number of carbonyl (C=O) groups excluding carboxylic acids is 4. The Morgan fingerprint density at radius 1 is 1.06 bits per heavy atom. The summed E-state index contributed by atoms with van der Waals surface area (Å²) >= 11 is 6.17. The lowest BCUT2D eigenvalue weighted by Gasteiger charge is -2.17. The van der Waals surface area contributed by atoms with Gasteiger partial charge in [-0.25, -0.2) is 4.79 Å². The lowest BCUT2D eigenvalue weighted by atomic mass is 10.1. The average Bonchev–Trinajstić information content (AvgIpc) is 2.74. The van der Waals surface area contributed by atoms with Crippen LogP contribution in [0.15, 0.2) is 42.5 Å². The van der Waals surface area contributed by atoms with Gasteiger partial charge in [0.15, 0.2) is 0 Å². The number of hydrogen-bond acceptors (Lipinski definition) is 6. The van der Waals surface area contributed by atoms with E-state index in [1.165, 1.54) is 37.3 Å². The molecule has 4 N–H and O–H groups in total. The first kappa shape index (κ1) is 23.7. The Hall–Kier alpha value is -3.59. The number of amides is 3. The number of phenolic OH excluding ortho intramolecular Hbond substituents is 1. The molecule has 0 fully saturated rings. The van der Waals surface area contributed by atoms with E-state index in [2.05, 4.69) is 20.7 Å². The van der Waals surface area contributed by atoms with Crippen molar-refractivity contribution in [2.45, 2.75) is 19.5 Å². The molecule has 2 aromatic rings. The maximum Gasteiger partial charge on any atom is 0.330 e. The molecule has 31 heavy (non-hydrogen) atoms. The van der Waals surface area contributed by atoms with Crippen molar-refractivity contribution in [1.82, 2.24) is 16.0 Å². The minimum atomic E-state index is -1.11. The third-order valence-electron chi connectivity index (χ3n) is 4.19. The van der Waals surface area contributed by atoms with Crippen molar-refractivity contribution in [2.24, 2.45) is 0 Å². The van der Waals surface area contributed by atoms with Gasteiger partial charge in [0.05, 0.1) is 17.7 Å². The molecule has 9 nitrogen and oxygen atoms in total. The minimum absolute atomic E-state index is 0.00523. The van der Waals surface area contributed by atoms with Gasteiger partial charge >= 0.3 is 5.97 Å². The molecular weight excluding hydrogens is 426 g/mol. The SMILES string of the molecule is COC(=O)C(CNC(C)=O)NC(=O)c1ccc(C(=O)NCc2cccc(O)c2)cc1Cl. The molecule has 0 saturated heterocycles. The highest BCUT2D eigenvalue weighted by molar-refractivity contribution is 6.34. The van der Waals surface area contributed by atoms with E-state index in [0.29, 0.717) is 5.56 Å². The van der Waals surface area contributed by atoms with E-state index in [0.717, 1.165) is 7.11 Å². The van der Waals surface area contributed by atoms with Gasteiger partial charge in [0.2, 0.25) is 5.91 Å². The summed E-state index contributed by atoms with van der Waals surface area (Å²) in [5.41, 5.74) is 0.982. The van der Waals surface area contributed by atoms with Gasteiger partial charge in [-0.15, -0.1) is 0 Å². The number of esters is 1. The number of rotatable bonds is 8. The third kappa shape index (κ3) is 7.00. The summed E-state index contributed by atoms with van der Waals surface area (Å²) in [7, 11) is 1.16. The highest BCUT2D eigenvalue weighted by atomic mass is 35.5. The number of carbonyl (C=O) groups is 4. The Morgan fingerprint density at radius 3 is 2.42 bits per heavy atom. The fourth-order valence-electron chi connectivity index (χ4n) is 2.61. The summed E-state index contributed by atoms with van der Waals surface area (Å²) in [4.78, 5) is 47.8. The minimum Gasteiger partial charge on any atom is -0.508 e. The lowest BCUT2D eigenvalue weighted by molar-refractivity contribution is -0.142. The summed E-state index contributed by atoms with van der Waals surface area (Å²) in [6.07, 6.45) is 0. The van der Waals surface area contributed by atoms with Crippen molar-refractivity contribution in [1.29, 1.82) is 0 Å². The number of halogens is 1. The number of methoxy groups -OCH3 is 1. The van der Waals surface area contributed by atoms with Crippen LogP contribution in [0.4, 0.5) is 0 Å². The van der Waals surface area contributed by atoms with E-state index in [-0.39, 0.29) is 40.9 Å². The Balaban J connectivity index is 2.05. The summed E-state index contributed by atoms with van der Waals surface area (Å²) in [5.74, 6) is -2.11. The normalized spacial score (nSPS) is 11.2. The van der Waals surface area contributed by atoms with E-state index in [1.54, 1.807) is 12.1 Å². The quantitative estimate of drug-likeness (QED) is 0.452. The van der Waals surface area contributed by atoms with Crippen molar-refractivity contribution >= 4 is 35.3 Å². The van der Waals surface area contributed by atoms with Crippen LogP contribution in [0.25, 0.3) is 0 Å². The fourth-order valence-corrected chi connectivity index (χ4v) is 2.88. The Kier molecular flexibility index (Phi) is 8.39. The topological polar surface area (TPSA) is 134 Å². The van der Waals surface area contributed by atoms with Crippen LogP contribution in [-0.4, -0.2) is 48.5 Å². The second kappa shape index (κ2) is 11.0. The molecule has 0 aliphatic rings. The molecule has 0 saturated carbocycles. The molecule has 0 aliphatic heterocycles. The molecule has 164 valence electrons. The molecule has 0 bridgehead atoms. The highest BCUT2D eigenvalue weighted by Crippen LogP contribution is 2.19. The van der Waals surface area contributed by atoms with Gasteiger partial charge in [-0.3, -0.25) is 14.4 Å². The van der Waals surface area contributed by atoms with Crippen molar-refractivity contribution in [3.63, 3.8) is 0 Å². The van der Waals surface area contributed by atoms with Crippen LogP contribution in [0.5, 0.6) is 5.75 Å². The van der Waals surface area contributed by atoms with Crippen LogP contribution >= 0.6 is 11.6 Å². The molecule has 3 amide bonds. The maximum absolute atomic E-state index is 12.5. The van der Waals surface area contributed by atoms with Crippen molar-refractivity contribution in [3.8, 4) is 5.75 Å². The lowest BCUT2D eigenvalue weighted by Crippen LogP contribution is -2.48. The maximum atomic E-state index is 12.5. The standard InChI is InChI=1S/C21H22ClN3O6/c1-12(26)23-11-18(21(30)31-2)25-20(29)16-7-6-14(9-17(16)22)19(28)24-10-13-4-3-5-15(27)8-13/h3-9,18,27H,10-11H2,1-2H3,(H,23,26)(H,24,28)(H,25,29). The predicted molar refractivity (Wildman–Crippen MR) is 113 cm³/mol. The van der Waals surface area contributed by atoms with E-state index >= 15 is 0 Å². The smallest absolute Gasteiger partial charge is 0.330 e. The zero-order valence-electron chi connectivity index (χ0n) is 16.9. The van der Waals surface area contributed by atoms with Gasteiger partial charge in [0, 0.05) is 25.6 Å². The number of nitrogens with one attached hydrogen (secondary N) is 3. The second-order valence-electron chi connectivity index (χ2n) is 6.53. The molecular formula is C21H22ClN3O6. The molecule has 0 aromatic heterocycles. The van der Waals surface area contributed by atoms with Crippen LogP contribution in [0.2, 0.25) is 5.02 Å². The number of ether oxygens (including phenoxy) is 1. The first-order valence-electron chi connectivity index (χ1n) is 9.20. The molecule has 1 unspecified atom stereocenters. The summed E-state index contributed by atoms with van der Waals surface area (Å²) < 4.78 is 4.63. The number of aromatic hydroxyl groups is 1. The van der Waals surface area contributed by atoms with Crippen LogP contribution in [0, 0.1) is 0 Å². The third-order valence-corrected chi connectivity index (χ3v) is 4.50. The van der Waals surface area contributed by atoms with Crippen molar-refractivity contribution in [3.05, 3.63) is 64.2 Å². The summed E-state index contributed by atoms with van der Waals surface area (Å²) in [6.45, 7) is 1.31. The Labute approximate surface area is 183 Å². The van der Waals surface area contributed by atoms with Crippen molar-refractivity contribution in [2.75, 3.05) is 13.7 Å². The molecule has 0 heterocycles. The van der Waals surface area contributed by atoms with Gasteiger partial charge in [-0.05, 0) is 35.9 Å². The van der Waals surface area contributed by atoms with Crippen LogP contribution in [-0.2, 0) is 20.9 Å². The fraction of sp³-hybridized carbons (Fsp3) is 0.238. The molecule has 2 aromatic carbocycles. The monoisotopic (exact) mass is 447 g/mol. The molecule has 0 radical (unpaired) electrons. The van der Waals surface area contributed by atoms with Crippen LogP contribution < -0.4 is 16.0 Å². The van der Waals surface area contributed by atoms with Crippen molar-refractivity contribution < 1.29 is 29.0 Å². The summed E-state index contributed by atoms with van der Waals surface area (Å²) in [6, 6.07) is 9.45.